The number of hydrogen-bond acceptors (Lipinski definition) is 6. The Morgan fingerprint density at radius 2 is 1.92 bits per heavy atom. The van der Waals surface area contributed by atoms with Crippen LogP contribution in [-0.2, 0) is 9.53 Å². The van der Waals surface area contributed by atoms with Crippen molar-refractivity contribution in [1.29, 1.82) is 0 Å². The molecule has 3 heterocycles. The number of aromatic nitrogens is 2. The summed E-state index contributed by atoms with van der Waals surface area (Å²) in [5.74, 6) is -4.41. The fourth-order valence-electron chi connectivity index (χ4n) is 5.37. The van der Waals surface area contributed by atoms with Crippen molar-refractivity contribution in [2.75, 3.05) is 20.3 Å². The summed E-state index contributed by atoms with van der Waals surface area (Å²) in [7, 11) is 1.42. The maximum Gasteiger partial charge on any atom is 0.313 e. The number of benzene rings is 2. The van der Waals surface area contributed by atoms with Crippen LogP contribution in [-0.4, -0.2) is 52.9 Å². The average Bonchev–Trinajstić information content (AvgIpc) is 3.39. The molecule has 0 spiro atoms. The molecule has 1 aromatic heterocycles. The van der Waals surface area contributed by atoms with E-state index in [1.165, 1.54) is 23.9 Å². The smallest absolute Gasteiger partial charge is 0.313 e. The van der Waals surface area contributed by atoms with Crippen molar-refractivity contribution in [1.82, 2.24) is 14.7 Å². The number of carbonyl (C=O) groups is 2. The SMILES string of the molecule is COCCC(=O)Oc1c2n(ncc1=O)[C@@H](C(c1ccccc1)c1cccc(F)c1F)[C@H]1CCCN1C2=O. The van der Waals surface area contributed by atoms with Crippen molar-refractivity contribution in [3.05, 3.63) is 93.4 Å². The second-order valence-corrected chi connectivity index (χ2v) is 9.08. The second-order valence-electron chi connectivity index (χ2n) is 9.08. The van der Waals surface area contributed by atoms with E-state index in [9.17, 15) is 18.8 Å². The van der Waals surface area contributed by atoms with Crippen LogP contribution in [0, 0.1) is 11.6 Å². The highest BCUT2D eigenvalue weighted by molar-refractivity contribution is 5.97. The van der Waals surface area contributed by atoms with Crippen LogP contribution in [0.15, 0.2) is 59.5 Å². The molecule has 0 saturated carbocycles. The van der Waals surface area contributed by atoms with Gasteiger partial charge >= 0.3 is 5.97 Å². The highest BCUT2D eigenvalue weighted by atomic mass is 19.2. The van der Waals surface area contributed by atoms with Crippen molar-refractivity contribution >= 4 is 11.9 Å². The summed E-state index contributed by atoms with van der Waals surface area (Å²) in [5, 5.41) is 4.29. The van der Waals surface area contributed by atoms with Gasteiger partial charge in [0.15, 0.2) is 17.3 Å². The van der Waals surface area contributed by atoms with Crippen molar-refractivity contribution in [2.24, 2.45) is 0 Å². The zero-order valence-electron chi connectivity index (χ0n) is 20.1. The summed E-state index contributed by atoms with van der Waals surface area (Å²) in [5.41, 5.74) is -0.125. The molecule has 0 radical (unpaired) electrons. The lowest BCUT2D eigenvalue weighted by Crippen LogP contribution is -2.51. The van der Waals surface area contributed by atoms with Crippen LogP contribution in [0.5, 0.6) is 5.75 Å². The Morgan fingerprint density at radius 3 is 2.68 bits per heavy atom. The van der Waals surface area contributed by atoms with E-state index in [-0.39, 0.29) is 24.3 Å². The topological polar surface area (TPSA) is 90.7 Å². The molecule has 1 unspecified atom stereocenters. The van der Waals surface area contributed by atoms with Crippen LogP contribution >= 0.6 is 0 Å². The zero-order chi connectivity index (χ0) is 26.1. The fourth-order valence-corrected chi connectivity index (χ4v) is 5.37. The predicted molar refractivity (Wildman–Crippen MR) is 128 cm³/mol. The Kier molecular flexibility index (Phi) is 6.84. The third kappa shape index (κ3) is 4.42. The molecule has 2 aliphatic heterocycles. The molecule has 0 bridgehead atoms. The van der Waals surface area contributed by atoms with Crippen molar-refractivity contribution in [2.45, 2.75) is 37.3 Å². The lowest BCUT2D eigenvalue weighted by Gasteiger charge is -2.42. The number of hydrogen-bond donors (Lipinski definition) is 0. The lowest BCUT2D eigenvalue weighted by molar-refractivity contribution is -0.135. The summed E-state index contributed by atoms with van der Waals surface area (Å²) < 4.78 is 41.4. The van der Waals surface area contributed by atoms with Gasteiger partial charge in [0.2, 0.25) is 11.2 Å². The van der Waals surface area contributed by atoms with Gasteiger partial charge in [-0.2, -0.15) is 5.10 Å². The molecule has 2 aliphatic rings. The van der Waals surface area contributed by atoms with Crippen LogP contribution in [0.3, 0.4) is 0 Å². The van der Waals surface area contributed by atoms with E-state index in [1.807, 2.05) is 6.07 Å². The van der Waals surface area contributed by atoms with E-state index >= 15 is 4.39 Å². The minimum Gasteiger partial charge on any atom is -0.420 e. The Balaban J connectivity index is 1.73. The number of ether oxygens (including phenoxy) is 2. The van der Waals surface area contributed by atoms with Gasteiger partial charge in [-0.25, -0.2) is 13.5 Å². The minimum absolute atomic E-state index is 0.0765. The van der Waals surface area contributed by atoms with E-state index < -0.39 is 52.7 Å². The first-order valence-electron chi connectivity index (χ1n) is 12.0. The Hall–Kier alpha value is -3.92. The number of methoxy groups -OCH3 is 1. The van der Waals surface area contributed by atoms with Crippen LogP contribution in [0.2, 0.25) is 0 Å². The molecular formula is C27H25F2N3O5. The van der Waals surface area contributed by atoms with E-state index in [4.69, 9.17) is 9.47 Å². The van der Waals surface area contributed by atoms with Gasteiger partial charge in [-0.05, 0) is 24.5 Å². The molecule has 10 heteroatoms. The van der Waals surface area contributed by atoms with Gasteiger partial charge in [-0.3, -0.25) is 14.4 Å². The van der Waals surface area contributed by atoms with Crippen molar-refractivity contribution in [3.63, 3.8) is 0 Å². The second kappa shape index (κ2) is 10.2. The number of fused-ring (bicyclic) bond motifs is 2. The van der Waals surface area contributed by atoms with Gasteiger partial charge in [0.25, 0.3) is 5.91 Å². The summed E-state index contributed by atoms with van der Waals surface area (Å²) in [4.78, 5) is 40.4. The van der Waals surface area contributed by atoms with Gasteiger partial charge in [-0.1, -0.05) is 42.5 Å². The summed E-state index contributed by atoms with van der Waals surface area (Å²) in [6, 6.07) is 11.9. The first kappa shape index (κ1) is 24.8. The molecule has 1 amide bonds. The van der Waals surface area contributed by atoms with Crippen LogP contribution in [0.25, 0.3) is 0 Å². The number of amides is 1. The molecular weight excluding hydrogens is 484 g/mol. The largest absolute Gasteiger partial charge is 0.420 e. The number of rotatable bonds is 7. The fraction of sp³-hybridized carbons (Fsp3) is 0.333. The van der Waals surface area contributed by atoms with Crippen molar-refractivity contribution in [3.8, 4) is 5.75 Å². The number of esters is 1. The molecule has 5 rings (SSSR count). The van der Waals surface area contributed by atoms with Crippen molar-refractivity contribution < 1.29 is 27.8 Å². The highest BCUT2D eigenvalue weighted by Gasteiger charge is 2.49. The summed E-state index contributed by atoms with van der Waals surface area (Å²) in [6.45, 7) is 0.487. The van der Waals surface area contributed by atoms with Gasteiger partial charge in [0.1, 0.15) is 0 Å². The molecule has 0 aliphatic carbocycles. The molecule has 1 saturated heterocycles. The number of halogens is 2. The van der Waals surface area contributed by atoms with Crippen LogP contribution in [0.4, 0.5) is 8.78 Å². The molecule has 3 aromatic rings. The zero-order valence-corrected chi connectivity index (χ0v) is 20.1. The molecule has 0 N–H and O–H groups in total. The lowest BCUT2D eigenvalue weighted by atomic mass is 9.79. The molecule has 2 aromatic carbocycles. The first-order chi connectivity index (χ1) is 17.9. The van der Waals surface area contributed by atoms with Crippen LogP contribution in [0.1, 0.15) is 52.8 Å². The Morgan fingerprint density at radius 1 is 1.14 bits per heavy atom. The maximum atomic E-state index is 15.3. The maximum absolute atomic E-state index is 15.3. The Labute approximate surface area is 211 Å². The van der Waals surface area contributed by atoms with Gasteiger partial charge in [0.05, 0.1) is 31.3 Å². The standard InChI is InChI=1S/C27H25F2N3O5/c1-36-14-12-21(34)37-26-20(33)15-30-32-24(19-11-6-13-31(19)27(35)25(26)32)22(16-7-3-2-4-8-16)17-9-5-10-18(28)23(17)29/h2-5,7-10,15,19,22,24H,6,11-14H2,1H3/t19-,22?,24-/m1/s1. The number of carbonyl (C=O) groups excluding carboxylic acids is 2. The molecule has 8 nitrogen and oxygen atoms in total. The molecule has 3 atom stereocenters. The van der Waals surface area contributed by atoms with Gasteiger partial charge in [0, 0.05) is 25.1 Å². The number of nitrogens with zero attached hydrogens (tertiary/aromatic N) is 3. The van der Waals surface area contributed by atoms with E-state index in [0.717, 1.165) is 12.3 Å². The summed E-state index contributed by atoms with van der Waals surface area (Å²) >= 11 is 0. The van der Waals surface area contributed by atoms with Gasteiger partial charge in [-0.15, -0.1) is 0 Å². The van der Waals surface area contributed by atoms with Crippen LogP contribution < -0.4 is 10.2 Å². The summed E-state index contributed by atoms with van der Waals surface area (Å²) in [6.07, 6.45) is 2.15. The minimum atomic E-state index is -0.994. The van der Waals surface area contributed by atoms with E-state index in [0.29, 0.717) is 24.9 Å². The first-order valence-corrected chi connectivity index (χ1v) is 12.0. The third-order valence-corrected chi connectivity index (χ3v) is 6.95. The average molecular weight is 510 g/mol. The highest BCUT2D eigenvalue weighted by Crippen LogP contribution is 2.46. The van der Waals surface area contributed by atoms with Gasteiger partial charge < -0.3 is 14.4 Å². The normalized spacial score (nSPS) is 19.3. The predicted octanol–water partition coefficient (Wildman–Crippen LogP) is 3.45. The monoisotopic (exact) mass is 509 g/mol. The molecule has 1 fully saturated rings. The van der Waals surface area contributed by atoms with E-state index in [1.54, 1.807) is 29.2 Å². The van der Waals surface area contributed by atoms with E-state index in [2.05, 4.69) is 5.10 Å². The molecule has 37 heavy (non-hydrogen) atoms. The Bertz CT molecular complexity index is 1390. The third-order valence-electron chi connectivity index (χ3n) is 6.95. The molecule has 192 valence electrons. The quantitative estimate of drug-likeness (QED) is 0.453.